The average Bonchev–Trinajstić information content (AvgIpc) is 2.96. The van der Waals surface area contributed by atoms with Crippen LogP contribution in [0.25, 0.3) is 5.76 Å². The maximum Gasteiger partial charge on any atom is 0.295 e. The number of methoxy groups -OCH3 is 2. The monoisotopic (exact) mass is 435 g/mol. The van der Waals surface area contributed by atoms with Crippen molar-refractivity contribution in [3.8, 4) is 0 Å². The van der Waals surface area contributed by atoms with Gasteiger partial charge in [-0.05, 0) is 17.7 Å². The number of aliphatic hydroxyl groups is 1. The number of aliphatic hydroxyl groups excluding tert-OH is 1. The minimum absolute atomic E-state index is 0.0350. The molecule has 0 spiro atoms. The molecule has 1 fully saturated rings. The first kappa shape index (κ1) is 21.3. The molecule has 1 N–H and O–H groups in total. The van der Waals surface area contributed by atoms with Gasteiger partial charge in [-0.2, -0.15) is 0 Å². The van der Waals surface area contributed by atoms with Crippen LogP contribution in [0.3, 0.4) is 0 Å². The summed E-state index contributed by atoms with van der Waals surface area (Å²) in [5.74, 6) is -1.88. The maximum absolute atomic E-state index is 12.9. The van der Waals surface area contributed by atoms with Crippen molar-refractivity contribution < 1.29 is 24.2 Å². The van der Waals surface area contributed by atoms with E-state index in [2.05, 4.69) is 0 Å². The van der Waals surface area contributed by atoms with Crippen molar-refractivity contribution in [3.63, 3.8) is 0 Å². The summed E-state index contributed by atoms with van der Waals surface area (Å²) in [6, 6.07) is 12.4. The van der Waals surface area contributed by atoms with Crippen molar-refractivity contribution in [2.24, 2.45) is 0 Å². The number of rotatable bonds is 6. The van der Waals surface area contributed by atoms with Gasteiger partial charge in [-0.1, -0.05) is 59.6 Å². The van der Waals surface area contributed by atoms with Crippen LogP contribution >= 0.6 is 23.2 Å². The fourth-order valence-corrected chi connectivity index (χ4v) is 3.78. The SMILES string of the molecule is COC(CN1C(=O)C(=O)/C(=C(\O)c2ccccc2)C1c1ccc(Cl)cc1Cl)OC. The molecule has 0 radical (unpaired) electrons. The lowest BCUT2D eigenvalue weighted by molar-refractivity contribution is -0.149. The highest BCUT2D eigenvalue weighted by Gasteiger charge is 2.47. The van der Waals surface area contributed by atoms with E-state index < -0.39 is 24.0 Å². The first-order chi connectivity index (χ1) is 13.9. The molecule has 1 unspecified atom stereocenters. The minimum atomic E-state index is -0.923. The average molecular weight is 436 g/mol. The lowest BCUT2D eigenvalue weighted by Crippen LogP contribution is -2.38. The topological polar surface area (TPSA) is 76.1 Å². The molecule has 2 aromatic carbocycles. The van der Waals surface area contributed by atoms with Crippen LogP contribution in [-0.2, 0) is 19.1 Å². The maximum atomic E-state index is 12.9. The zero-order valence-corrected chi connectivity index (χ0v) is 17.3. The molecule has 0 saturated carbocycles. The molecule has 8 heteroatoms. The normalized spacial score (nSPS) is 18.7. The Kier molecular flexibility index (Phi) is 6.59. The molecule has 1 aliphatic rings. The summed E-state index contributed by atoms with van der Waals surface area (Å²) in [4.78, 5) is 27.0. The fourth-order valence-electron chi connectivity index (χ4n) is 3.27. The number of halogens is 2. The van der Waals surface area contributed by atoms with E-state index in [1.165, 1.54) is 25.2 Å². The third kappa shape index (κ3) is 4.16. The Bertz CT molecular complexity index is 957. The number of benzene rings is 2. The van der Waals surface area contributed by atoms with Gasteiger partial charge in [-0.25, -0.2) is 0 Å². The van der Waals surface area contributed by atoms with Gasteiger partial charge in [0.25, 0.3) is 11.7 Å². The van der Waals surface area contributed by atoms with Crippen LogP contribution in [-0.4, -0.2) is 48.8 Å². The number of hydrogen-bond acceptors (Lipinski definition) is 5. The summed E-state index contributed by atoms with van der Waals surface area (Å²) in [6.07, 6.45) is -0.765. The van der Waals surface area contributed by atoms with Crippen molar-refractivity contribution in [1.82, 2.24) is 4.90 Å². The zero-order chi connectivity index (χ0) is 21.1. The van der Waals surface area contributed by atoms with E-state index in [-0.39, 0.29) is 22.9 Å². The van der Waals surface area contributed by atoms with Crippen molar-refractivity contribution in [2.45, 2.75) is 12.3 Å². The molecule has 3 rings (SSSR count). The largest absolute Gasteiger partial charge is 0.507 e. The molecular formula is C21H19Cl2NO5. The molecule has 1 amide bonds. The van der Waals surface area contributed by atoms with Crippen LogP contribution in [0.4, 0.5) is 0 Å². The van der Waals surface area contributed by atoms with E-state index in [9.17, 15) is 14.7 Å². The lowest BCUT2D eigenvalue weighted by Gasteiger charge is -2.28. The Morgan fingerprint density at radius 3 is 2.34 bits per heavy atom. The third-order valence-corrected chi connectivity index (χ3v) is 5.28. The fraction of sp³-hybridized carbons (Fsp3) is 0.238. The van der Waals surface area contributed by atoms with Crippen molar-refractivity contribution in [3.05, 3.63) is 75.3 Å². The Morgan fingerprint density at radius 1 is 1.10 bits per heavy atom. The third-order valence-electron chi connectivity index (χ3n) is 4.72. The number of amides is 1. The highest BCUT2D eigenvalue weighted by Crippen LogP contribution is 2.42. The summed E-state index contributed by atoms with van der Waals surface area (Å²) >= 11 is 12.4. The molecular weight excluding hydrogens is 417 g/mol. The molecule has 2 aromatic rings. The Morgan fingerprint density at radius 2 is 1.76 bits per heavy atom. The highest BCUT2D eigenvalue weighted by molar-refractivity contribution is 6.47. The van der Waals surface area contributed by atoms with Gasteiger partial charge in [0.1, 0.15) is 5.76 Å². The second-order valence-electron chi connectivity index (χ2n) is 6.38. The Labute approximate surface area is 178 Å². The van der Waals surface area contributed by atoms with Gasteiger partial charge in [-0.3, -0.25) is 9.59 Å². The van der Waals surface area contributed by atoms with Gasteiger partial charge in [-0.15, -0.1) is 0 Å². The number of carbonyl (C=O) groups excluding carboxylic acids is 2. The van der Waals surface area contributed by atoms with Crippen molar-refractivity contribution >= 4 is 40.7 Å². The highest BCUT2D eigenvalue weighted by atomic mass is 35.5. The molecule has 0 bridgehead atoms. The van der Waals surface area contributed by atoms with Gasteiger partial charge in [0.05, 0.1) is 18.2 Å². The number of ether oxygens (including phenoxy) is 2. The van der Waals surface area contributed by atoms with Crippen LogP contribution in [0, 0.1) is 0 Å². The first-order valence-electron chi connectivity index (χ1n) is 8.73. The number of ketones is 1. The van der Waals surface area contributed by atoms with E-state index in [1.54, 1.807) is 42.5 Å². The van der Waals surface area contributed by atoms with Crippen LogP contribution in [0.2, 0.25) is 10.0 Å². The second kappa shape index (κ2) is 8.97. The van der Waals surface area contributed by atoms with E-state index in [0.29, 0.717) is 16.1 Å². The molecule has 152 valence electrons. The van der Waals surface area contributed by atoms with E-state index >= 15 is 0 Å². The Hall–Kier alpha value is -2.38. The van der Waals surface area contributed by atoms with E-state index in [4.69, 9.17) is 32.7 Å². The van der Waals surface area contributed by atoms with E-state index in [0.717, 1.165) is 0 Å². The van der Waals surface area contributed by atoms with Gasteiger partial charge in [0.15, 0.2) is 6.29 Å². The van der Waals surface area contributed by atoms with Gasteiger partial charge in [0.2, 0.25) is 0 Å². The summed E-state index contributed by atoms with van der Waals surface area (Å²) < 4.78 is 10.4. The number of Topliss-reactive ketones (excluding diaryl/α,β-unsaturated/α-hetero) is 1. The summed E-state index contributed by atoms with van der Waals surface area (Å²) in [5.41, 5.74) is 0.811. The van der Waals surface area contributed by atoms with Crippen molar-refractivity contribution in [2.75, 3.05) is 20.8 Å². The van der Waals surface area contributed by atoms with Crippen LogP contribution in [0.15, 0.2) is 54.1 Å². The van der Waals surface area contributed by atoms with Crippen molar-refractivity contribution in [1.29, 1.82) is 0 Å². The summed E-state index contributed by atoms with van der Waals surface area (Å²) in [6.45, 7) is -0.0350. The predicted molar refractivity (Wildman–Crippen MR) is 110 cm³/mol. The first-order valence-corrected chi connectivity index (χ1v) is 9.49. The number of carbonyl (C=O) groups is 2. The van der Waals surface area contributed by atoms with Crippen LogP contribution in [0.1, 0.15) is 17.2 Å². The predicted octanol–water partition coefficient (Wildman–Crippen LogP) is 4.03. The standard InChI is InChI=1S/C21H19Cl2NO5/c1-28-16(29-2)11-24-18(14-9-8-13(22)10-15(14)23)17(20(26)21(24)27)19(25)12-6-4-3-5-7-12/h3-10,16,18,25H,11H2,1-2H3/b19-17-. The van der Waals surface area contributed by atoms with Gasteiger partial charge < -0.3 is 19.5 Å². The smallest absolute Gasteiger partial charge is 0.295 e. The number of nitrogens with zero attached hydrogens (tertiary/aromatic N) is 1. The molecule has 1 aliphatic heterocycles. The summed E-state index contributed by atoms with van der Waals surface area (Å²) in [5, 5.41) is 11.6. The second-order valence-corrected chi connectivity index (χ2v) is 7.23. The zero-order valence-electron chi connectivity index (χ0n) is 15.8. The van der Waals surface area contributed by atoms with E-state index in [1.807, 2.05) is 0 Å². The number of hydrogen-bond donors (Lipinski definition) is 1. The molecule has 1 heterocycles. The Balaban J connectivity index is 2.20. The van der Waals surface area contributed by atoms with Gasteiger partial charge >= 0.3 is 0 Å². The molecule has 1 atom stereocenters. The molecule has 6 nitrogen and oxygen atoms in total. The summed E-state index contributed by atoms with van der Waals surface area (Å²) in [7, 11) is 2.86. The molecule has 1 saturated heterocycles. The quantitative estimate of drug-likeness (QED) is 0.320. The molecule has 0 aliphatic carbocycles. The minimum Gasteiger partial charge on any atom is -0.507 e. The number of likely N-dealkylation sites (tertiary alicyclic amines) is 1. The van der Waals surface area contributed by atoms with Crippen LogP contribution < -0.4 is 0 Å². The molecule has 29 heavy (non-hydrogen) atoms. The lowest BCUT2D eigenvalue weighted by atomic mass is 9.95. The van der Waals surface area contributed by atoms with Gasteiger partial charge in [0, 0.05) is 29.8 Å². The van der Waals surface area contributed by atoms with Crippen LogP contribution in [0.5, 0.6) is 0 Å². The molecule has 0 aromatic heterocycles.